The largest absolute Gasteiger partial charge is 0.478 e. The van der Waals surface area contributed by atoms with Crippen molar-refractivity contribution in [3.8, 4) is 0 Å². The average Bonchev–Trinajstić information content (AvgIpc) is 1.97. The van der Waals surface area contributed by atoms with E-state index in [1.54, 1.807) is 19.1 Å². The number of hydrogen-bond acceptors (Lipinski definition) is 1. The highest BCUT2D eigenvalue weighted by Crippen LogP contribution is 1.96. The first-order valence-electron chi connectivity index (χ1n) is 3.29. The molecule has 0 aromatic heterocycles. The number of aliphatic carboxylic acids is 1. The van der Waals surface area contributed by atoms with Crippen molar-refractivity contribution in [1.82, 2.24) is 0 Å². The van der Waals surface area contributed by atoms with Gasteiger partial charge in [0.2, 0.25) is 0 Å². The molecule has 0 aliphatic heterocycles. The number of carbonyl (C=O) groups is 1. The summed E-state index contributed by atoms with van der Waals surface area (Å²) >= 11 is 5.36. The van der Waals surface area contributed by atoms with Crippen molar-refractivity contribution < 1.29 is 9.90 Å². The molecule has 0 aliphatic carbocycles. The third kappa shape index (κ3) is 5.67. The first kappa shape index (κ1) is 10.2. The normalized spacial score (nSPS) is 12.4. The predicted molar refractivity (Wildman–Crippen MR) is 45.9 cm³/mol. The van der Waals surface area contributed by atoms with Gasteiger partial charge in [-0.2, -0.15) is 0 Å². The van der Waals surface area contributed by atoms with Crippen molar-refractivity contribution in [3.63, 3.8) is 0 Å². The van der Waals surface area contributed by atoms with E-state index in [1.165, 1.54) is 0 Å². The smallest absolute Gasteiger partial charge is 0.330 e. The number of allylic oxidation sites excluding steroid dienone is 3. The molecule has 0 saturated heterocycles. The van der Waals surface area contributed by atoms with Gasteiger partial charge in [-0.1, -0.05) is 18.2 Å². The zero-order valence-corrected chi connectivity index (χ0v) is 7.14. The molecule has 0 atom stereocenters. The van der Waals surface area contributed by atoms with Crippen LogP contribution in [-0.4, -0.2) is 17.0 Å². The Hall–Kier alpha value is -0.760. The number of carboxylic acid groups (broad SMARTS) is 1. The Morgan fingerprint density at radius 1 is 1.55 bits per heavy atom. The van der Waals surface area contributed by atoms with E-state index in [4.69, 9.17) is 16.7 Å². The standard InChI is InChI=1S/C8H11ClO2/c1-7(8(10)11)5-3-2-4-6-9/h2,4-5H,3,6H2,1H3,(H,10,11)/b4-2+,7-5+. The van der Waals surface area contributed by atoms with Gasteiger partial charge in [-0.15, -0.1) is 11.6 Å². The summed E-state index contributed by atoms with van der Waals surface area (Å²) in [5.74, 6) is -0.399. The van der Waals surface area contributed by atoms with Crippen LogP contribution in [0.25, 0.3) is 0 Å². The van der Waals surface area contributed by atoms with Crippen molar-refractivity contribution in [2.24, 2.45) is 0 Å². The highest BCUT2D eigenvalue weighted by Gasteiger charge is 1.95. The van der Waals surface area contributed by atoms with Crippen molar-refractivity contribution in [3.05, 3.63) is 23.8 Å². The van der Waals surface area contributed by atoms with Gasteiger partial charge in [-0.05, 0) is 13.3 Å². The van der Waals surface area contributed by atoms with E-state index in [0.717, 1.165) is 0 Å². The molecule has 1 N–H and O–H groups in total. The second kappa shape index (κ2) is 5.98. The van der Waals surface area contributed by atoms with E-state index < -0.39 is 5.97 Å². The summed E-state index contributed by atoms with van der Waals surface area (Å²) < 4.78 is 0. The lowest BCUT2D eigenvalue weighted by atomic mass is 10.2. The number of carboxylic acids is 1. The van der Waals surface area contributed by atoms with E-state index in [0.29, 0.717) is 17.9 Å². The Morgan fingerprint density at radius 2 is 2.18 bits per heavy atom. The molecule has 0 amide bonds. The molecular weight excluding hydrogens is 164 g/mol. The van der Waals surface area contributed by atoms with Crippen LogP contribution in [-0.2, 0) is 4.79 Å². The Kier molecular flexibility index (Phi) is 5.57. The molecule has 0 fully saturated rings. The fraction of sp³-hybridized carbons (Fsp3) is 0.375. The second-order valence-electron chi connectivity index (χ2n) is 2.05. The minimum Gasteiger partial charge on any atom is -0.478 e. The molecule has 11 heavy (non-hydrogen) atoms. The summed E-state index contributed by atoms with van der Waals surface area (Å²) in [7, 11) is 0. The van der Waals surface area contributed by atoms with Crippen molar-refractivity contribution >= 4 is 17.6 Å². The molecule has 0 bridgehead atoms. The monoisotopic (exact) mass is 174 g/mol. The molecule has 0 aromatic rings. The number of alkyl halides is 1. The maximum atomic E-state index is 10.2. The van der Waals surface area contributed by atoms with Crippen LogP contribution >= 0.6 is 11.6 Å². The number of hydrogen-bond donors (Lipinski definition) is 1. The summed E-state index contributed by atoms with van der Waals surface area (Å²) in [6, 6.07) is 0. The van der Waals surface area contributed by atoms with Gasteiger partial charge in [-0.25, -0.2) is 4.79 Å². The summed E-state index contributed by atoms with van der Waals surface area (Å²) in [5, 5.41) is 8.42. The van der Waals surface area contributed by atoms with Crippen LogP contribution in [0.15, 0.2) is 23.8 Å². The van der Waals surface area contributed by atoms with Crippen LogP contribution in [0.5, 0.6) is 0 Å². The molecule has 0 spiro atoms. The van der Waals surface area contributed by atoms with Gasteiger partial charge in [0.1, 0.15) is 0 Å². The van der Waals surface area contributed by atoms with Gasteiger partial charge in [0.05, 0.1) is 0 Å². The Balaban J connectivity index is 3.74. The van der Waals surface area contributed by atoms with Crippen molar-refractivity contribution in [1.29, 1.82) is 0 Å². The van der Waals surface area contributed by atoms with Gasteiger partial charge >= 0.3 is 5.97 Å². The van der Waals surface area contributed by atoms with Gasteiger partial charge in [0.25, 0.3) is 0 Å². The minimum atomic E-state index is -0.871. The summed E-state index contributed by atoms with van der Waals surface area (Å²) in [6.07, 6.45) is 5.89. The fourth-order valence-electron chi connectivity index (χ4n) is 0.491. The molecule has 0 saturated carbocycles. The van der Waals surface area contributed by atoms with Gasteiger partial charge < -0.3 is 5.11 Å². The SMILES string of the molecule is C/C(=C\C/C=C/CCl)C(=O)O. The van der Waals surface area contributed by atoms with Crippen molar-refractivity contribution in [2.75, 3.05) is 5.88 Å². The minimum absolute atomic E-state index is 0.365. The molecule has 0 unspecified atom stereocenters. The lowest BCUT2D eigenvalue weighted by Gasteiger charge is -1.88. The summed E-state index contributed by atoms with van der Waals surface area (Å²) in [6.45, 7) is 1.57. The topological polar surface area (TPSA) is 37.3 Å². The van der Waals surface area contributed by atoms with Crippen molar-refractivity contribution in [2.45, 2.75) is 13.3 Å². The second-order valence-corrected chi connectivity index (χ2v) is 2.36. The maximum absolute atomic E-state index is 10.2. The van der Waals surface area contributed by atoms with Crippen LogP contribution in [0.2, 0.25) is 0 Å². The molecule has 0 aromatic carbocycles. The van der Waals surface area contributed by atoms with E-state index in [9.17, 15) is 4.79 Å². The molecule has 0 rings (SSSR count). The third-order valence-corrected chi connectivity index (χ3v) is 1.33. The summed E-state index contributed by atoms with van der Waals surface area (Å²) in [5.41, 5.74) is 0.365. The van der Waals surface area contributed by atoms with E-state index in [2.05, 4.69) is 0 Å². The van der Waals surface area contributed by atoms with E-state index >= 15 is 0 Å². The zero-order chi connectivity index (χ0) is 8.69. The zero-order valence-electron chi connectivity index (χ0n) is 6.38. The van der Waals surface area contributed by atoms with Gasteiger partial charge in [0.15, 0.2) is 0 Å². The molecular formula is C8H11ClO2. The highest BCUT2D eigenvalue weighted by molar-refractivity contribution is 6.18. The Labute approximate surface area is 71.2 Å². The van der Waals surface area contributed by atoms with Gasteiger partial charge in [0, 0.05) is 11.5 Å². The van der Waals surface area contributed by atoms with Crippen LogP contribution in [0, 0.1) is 0 Å². The molecule has 0 aliphatic rings. The fourth-order valence-corrected chi connectivity index (χ4v) is 0.617. The van der Waals surface area contributed by atoms with E-state index in [-0.39, 0.29) is 0 Å². The van der Waals surface area contributed by atoms with Gasteiger partial charge in [-0.3, -0.25) is 0 Å². The van der Waals surface area contributed by atoms with Crippen LogP contribution in [0.1, 0.15) is 13.3 Å². The van der Waals surface area contributed by atoms with E-state index in [1.807, 2.05) is 6.08 Å². The lowest BCUT2D eigenvalue weighted by Crippen LogP contribution is -1.94. The predicted octanol–water partition coefficient (Wildman–Crippen LogP) is 2.20. The average molecular weight is 175 g/mol. The molecule has 3 heteroatoms. The first-order valence-corrected chi connectivity index (χ1v) is 3.83. The number of halogens is 1. The molecule has 2 nitrogen and oxygen atoms in total. The quantitative estimate of drug-likeness (QED) is 0.403. The lowest BCUT2D eigenvalue weighted by molar-refractivity contribution is -0.132. The Morgan fingerprint density at radius 3 is 2.64 bits per heavy atom. The Bertz CT molecular complexity index is 183. The molecule has 62 valence electrons. The van der Waals surface area contributed by atoms with Crippen LogP contribution in [0.3, 0.4) is 0 Å². The maximum Gasteiger partial charge on any atom is 0.330 e. The molecule has 0 radical (unpaired) electrons. The molecule has 0 heterocycles. The summed E-state index contributed by atoms with van der Waals surface area (Å²) in [4.78, 5) is 10.2. The highest BCUT2D eigenvalue weighted by atomic mass is 35.5. The van der Waals surface area contributed by atoms with Crippen LogP contribution in [0.4, 0.5) is 0 Å². The first-order chi connectivity index (χ1) is 5.18. The third-order valence-electron chi connectivity index (χ3n) is 1.15. The number of rotatable bonds is 4. The van der Waals surface area contributed by atoms with Crippen LogP contribution < -0.4 is 0 Å².